The van der Waals surface area contributed by atoms with Crippen LogP contribution in [-0.2, 0) is 4.79 Å². The van der Waals surface area contributed by atoms with E-state index in [0.29, 0.717) is 27.8 Å². The number of carbonyl (C=O) groups excluding carboxylic acids is 2. The highest BCUT2D eigenvalue weighted by atomic mass is 35.5. The molecule has 0 bridgehead atoms. The van der Waals surface area contributed by atoms with Gasteiger partial charge in [-0.3, -0.25) is 9.59 Å². The van der Waals surface area contributed by atoms with E-state index >= 15 is 0 Å². The average Bonchev–Trinajstić information content (AvgIpc) is 2.65. The van der Waals surface area contributed by atoms with Crippen molar-refractivity contribution in [2.75, 3.05) is 32.5 Å². The van der Waals surface area contributed by atoms with Crippen LogP contribution in [0, 0.1) is 5.82 Å². The van der Waals surface area contributed by atoms with Gasteiger partial charge in [-0.1, -0.05) is 31.5 Å². The molecule has 4 nitrogen and oxygen atoms in total. The summed E-state index contributed by atoms with van der Waals surface area (Å²) in [4.78, 5) is 24.5. The van der Waals surface area contributed by atoms with Crippen LogP contribution in [0.4, 0.5) is 10.1 Å². The summed E-state index contributed by atoms with van der Waals surface area (Å²) in [5, 5.41) is 2.87. The second kappa shape index (κ2) is 11.5. The minimum atomic E-state index is -0.370. The predicted molar refractivity (Wildman–Crippen MR) is 112 cm³/mol. The fourth-order valence-electron chi connectivity index (χ4n) is 2.84. The number of hydrogen-bond donors (Lipinski definition) is 1. The van der Waals surface area contributed by atoms with E-state index in [1.54, 1.807) is 42.5 Å². The smallest absolute Gasteiger partial charge is 0.279 e. The maximum Gasteiger partial charge on any atom is 0.279 e. The van der Waals surface area contributed by atoms with Crippen LogP contribution < -0.4 is 17.7 Å². The van der Waals surface area contributed by atoms with Gasteiger partial charge in [0, 0.05) is 16.8 Å². The van der Waals surface area contributed by atoms with Crippen LogP contribution in [0.5, 0.6) is 0 Å². The number of unbranched alkanes of at least 4 members (excludes halogenated alkanes) is 1. The zero-order chi connectivity index (χ0) is 20.6. The highest BCUT2D eigenvalue weighted by Gasteiger charge is 2.19. The summed E-state index contributed by atoms with van der Waals surface area (Å²) in [7, 11) is 4.08. The molecule has 0 saturated carbocycles. The molecule has 2 aromatic rings. The Labute approximate surface area is 178 Å². The topological polar surface area (TPSA) is 46.2 Å². The Bertz CT molecular complexity index is 848. The third kappa shape index (κ3) is 8.18. The molecule has 0 heterocycles. The number of benzene rings is 2. The predicted octanol–water partition coefficient (Wildman–Crippen LogP) is 1.54. The summed E-state index contributed by atoms with van der Waals surface area (Å²) >= 11 is 0. The van der Waals surface area contributed by atoms with Crippen molar-refractivity contribution in [2.24, 2.45) is 0 Å². The van der Waals surface area contributed by atoms with E-state index in [-0.39, 0.29) is 29.9 Å². The molecule has 0 aliphatic carbocycles. The summed E-state index contributed by atoms with van der Waals surface area (Å²) in [6.45, 7) is 3.48. The number of nitrogens with zero attached hydrogens (tertiary/aromatic N) is 1. The van der Waals surface area contributed by atoms with Gasteiger partial charge in [0.25, 0.3) is 5.91 Å². The van der Waals surface area contributed by atoms with E-state index in [4.69, 9.17) is 0 Å². The van der Waals surface area contributed by atoms with Crippen LogP contribution >= 0.6 is 0 Å². The summed E-state index contributed by atoms with van der Waals surface area (Å²) in [6.07, 6.45) is 4.99. The van der Waals surface area contributed by atoms with E-state index in [0.717, 1.165) is 19.4 Å². The van der Waals surface area contributed by atoms with Crippen molar-refractivity contribution in [3.63, 3.8) is 0 Å². The van der Waals surface area contributed by atoms with Crippen molar-refractivity contribution in [2.45, 2.75) is 19.8 Å². The number of allylic oxidation sites excluding steroid dienone is 1. The number of carbonyl (C=O) groups is 2. The quantitative estimate of drug-likeness (QED) is 0.381. The third-order valence-corrected chi connectivity index (χ3v) is 4.46. The summed E-state index contributed by atoms with van der Waals surface area (Å²) in [6, 6.07) is 13.0. The Morgan fingerprint density at radius 3 is 2.34 bits per heavy atom. The first-order chi connectivity index (χ1) is 13.3. The normalized spacial score (nSPS) is 11.2. The number of likely N-dealkylation sites (N-methyl/N-ethyl adjacent to an activating group) is 1. The molecule has 1 amide bonds. The van der Waals surface area contributed by atoms with Gasteiger partial charge in [0.15, 0.2) is 12.3 Å². The van der Waals surface area contributed by atoms with Crippen LogP contribution in [0.1, 0.15) is 35.7 Å². The van der Waals surface area contributed by atoms with E-state index in [1.165, 1.54) is 18.2 Å². The van der Waals surface area contributed by atoms with Crippen molar-refractivity contribution in [1.82, 2.24) is 0 Å². The molecular formula is C23H28ClFN2O2. The van der Waals surface area contributed by atoms with Crippen LogP contribution in [0.25, 0.3) is 6.08 Å². The number of halogens is 2. The molecule has 2 aromatic carbocycles. The van der Waals surface area contributed by atoms with Crippen LogP contribution in [-0.4, -0.2) is 43.4 Å². The van der Waals surface area contributed by atoms with E-state index in [1.807, 2.05) is 14.1 Å². The number of anilines is 1. The highest BCUT2D eigenvalue weighted by molar-refractivity contribution is 6.07. The third-order valence-electron chi connectivity index (χ3n) is 4.46. The lowest BCUT2D eigenvalue weighted by molar-refractivity contribution is -0.882. The minimum Gasteiger partial charge on any atom is -1.00 e. The molecule has 1 N–H and O–H groups in total. The first kappa shape index (κ1) is 24.5. The standard InChI is InChI=1S/C23H27FN2O2.ClH/c1-4-5-16-26(2,3)17-23(28)25-20-13-10-19(11-14-20)22(27)15-12-18-8-6-7-9-21(18)24;/h6-15H,4-5,16-17H2,1-3H3;1H/b15-12+;. The molecule has 0 unspecified atom stereocenters. The lowest BCUT2D eigenvalue weighted by atomic mass is 10.1. The lowest BCUT2D eigenvalue weighted by Crippen LogP contribution is -3.00. The molecule has 0 aliphatic heterocycles. The zero-order valence-corrected chi connectivity index (χ0v) is 17.9. The van der Waals surface area contributed by atoms with Gasteiger partial charge >= 0.3 is 0 Å². The molecule has 0 spiro atoms. The zero-order valence-electron chi connectivity index (χ0n) is 17.1. The molecule has 0 saturated heterocycles. The molecule has 0 fully saturated rings. The Morgan fingerprint density at radius 2 is 1.72 bits per heavy atom. The average molecular weight is 419 g/mol. The maximum atomic E-state index is 13.6. The van der Waals surface area contributed by atoms with Gasteiger partial charge in [-0.15, -0.1) is 0 Å². The van der Waals surface area contributed by atoms with Crippen LogP contribution in [0.15, 0.2) is 54.6 Å². The monoisotopic (exact) mass is 418 g/mol. The van der Waals surface area contributed by atoms with Crippen LogP contribution in [0.2, 0.25) is 0 Å². The Balaban J connectivity index is 0.00000420. The number of hydrogen-bond acceptors (Lipinski definition) is 2. The molecular weight excluding hydrogens is 391 g/mol. The van der Waals surface area contributed by atoms with Crippen molar-refractivity contribution in [3.05, 3.63) is 71.6 Å². The van der Waals surface area contributed by atoms with Crippen LogP contribution in [0.3, 0.4) is 0 Å². The largest absolute Gasteiger partial charge is 1.00 e. The van der Waals surface area contributed by atoms with Gasteiger partial charge in [0.2, 0.25) is 0 Å². The molecule has 2 rings (SSSR count). The molecule has 6 heteroatoms. The number of quaternary nitrogens is 1. The molecule has 0 radical (unpaired) electrons. The Morgan fingerprint density at radius 1 is 1.07 bits per heavy atom. The molecule has 29 heavy (non-hydrogen) atoms. The number of rotatable bonds is 9. The van der Waals surface area contributed by atoms with Crippen molar-refractivity contribution in [3.8, 4) is 0 Å². The Kier molecular flexibility index (Phi) is 9.72. The fraction of sp³-hybridized carbons (Fsp3) is 0.304. The number of nitrogens with one attached hydrogen (secondary N) is 1. The molecule has 0 aliphatic rings. The van der Waals surface area contributed by atoms with Crippen molar-refractivity contribution >= 4 is 23.5 Å². The van der Waals surface area contributed by atoms with E-state index in [9.17, 15) is 14.0 Å². The second-order valence-corrected chi connectivity index (χ2v) is 7.52. The second-order valence-electron chi connectivity index (χ2n) is 7.52. The SMILES string of the molecule is CCCC[N+](C)(C)CC(=O)Nc1ccc(C(=O)/C=C/c2ccccc2F)cc1.[Cl-]. The molecule has 0 atom stereocenters. The first-order valence-electron chi connectivity index (χ1n) is 9.49. The number of amides is 1. The van der Waals surface area contributed by atoms with Crippen molar-refractivity contribution in [1.29, 1.82) is 0 Å². The van der Waals surface area contributed by atoms with Gasteiger partial charge in [0.05, 0.1) is 20.6 Å². The molecule has 0 aromatic heterocycles. The van der Waals surface area contributed by atoms with Gasteiger partial charge in [-0.05, 0) is 48.9 Å². The lowest BCUT2D eigenvalue weighted by Gasteiger charge is -2.28. The summed E-state index contributed by atoms with van der Waals surface area (Å²) in [5.41, 5.74) is 1.49. The van der Waals surface area contributed by atoms with E-state index in [2.05, 4.69) is 12.2 Å². The Hall–Kier alpha value is -2.50. The van der Waals surface area contributed by atoms with Gasteiger partial charge in [-0.25, -0.2) is 4.39 Å². The van der Waals surface area contributed by atoms with Gasteiger partial charge < -0.3 is 22.2 Å². The molecule has 156 valence electrons. The van der Waals surface area contributed by atoms with E-state index < -0.39 is 0 Å². The number of ketones is 1. The maximum absolute atomic E-state index is 13.6. The van der Waals surface area contributed by atoms with Gasteiger partial charge in [-0.2, -0.15) is 0 Å². The van der Waals surface area contributed by atoms with Gasteiger partial charge in [0.1, 0.15) is 5.82 Å². The summed E-state index contributed by atoms with van der Waals surface area (Å²) < 4.78 is 14.2. The first-order valence-corrected chi connectivity index (χ1v) is 9.49. The highest BCUT2D eigenvalue weighted by Crippen LogP contribution is 2.13. The fourth-order valence-corrected chi connectivity index (χ4v) is 2.84. The summed E-state index contributed by atoms with van der Waals surface area (Å²) in [5.74, 6) is -0.650. The van der Waals surface area contributed by atoms with Crippen molar-refractivity contribution < 1.29 is 30.9 Å². The minimum absolute atomic E-state index is 0.